The van der Waals surface area contributed by atoms with Crippen LogP contribution in [0.5, 0.6) is 0 Å². The van der Waals surface area contributed by atoms with E-state index in [1.54, 1.807) is 0 Å². The van der Waals surface area contributed by atoms with E-state index >= 15 is 0 Å². The molecule has 0 radical (unpaired) electrons. The average Bonchev–Trinajstić information content (AvgIpc) is 1.19. The first kappa shape index (κ1) is 17.3. The molecule has 0 aromatic carbocycles. The number of rotatable bonds is 0. The molecule has 10 heavy (non-hydrogen) atoms. The van der Waals surface area contributed by atoms with Crippen LogP contribution in [0, 0.1) is 0 Å². The van der Waals surface area contributed by atoms with E-state index in [-0.39, 0.29) is 37.7 Å². The van der Waals surface area contributed by atoms with E-state index in [0.717, 1.165) is 0 Å². The van der Waals surface area contributed by atoms with Crippen molar-refractivity contribution in [2.24, 2.45) is 0 Å². The molecular weight excluding hydrogens is 216 g/mol. The predicted molar refractivity (Wildman–Crippen MR) is 36.1 cm³/mol. The van der Waals surface area contributed by atoms with Crippen LogP contribution in [0.25, 0.3) is 0 Å². The van der Waals surface area contributed by atoms with Gasteiger partial charge in [0.15, 0.2) is 0 Å². The first-order chi connectivity index (χ1) is 3.73. The van der Waals surface area contributed by atoms with Gasteiger partial charge in [-0.3, -0.25) is 18.2 Å². The Morgan fingerprint density at radius 3 is 1.10 bits per heavy atom. The van der Waals surface area contributed by atoms with Gasteiger partial charge in [-0.05, 0) is 0 Å². The van der Waals surface area contributed by atoms with Gasteiger partial charge in [0, 0.05) is 0 Å². The average molecular weight is 222 g/mol. The molecule has 0 saturated heterocycles. The van der Waals surface area contributed by atoms with Crippen molar-refractivity contribution in [1.29, 1.82) is 0 Å². The third-order valence-electron chi connectivity index (χ3n) is 0. The van der Waals surface area contributed by atoms with Crippen LogP contribution < -0.4 is 0 Å². The van der Waals surface area contributed by atoms with Crippen LogP contribution in [0.4, 0.5) is 0 Å². The van der Waals surface area contributed by atoms with Crippen LogP contribution in [0.2, 0.25) is 0 Å². The van der Waals surface area contributed by atoms with Gasteiger partial charge in [-0.15, -0.1) is 0 Å². The predicted octanol–water partition coefficient (Wildman–Crippen LogP) is -1.89. The molecule has 0 aromatic heterocycles. The SMILES string of the molecule is O=S(=O)(O)O.O=S(O)O.[CaH2]. The summed E-state index contributed by atoms with van der Waals surface area (Å²) in [5.41, 5.74) is 0. The minimum absolute atomic E-state index is 0. The third-order valence-corrected chi connectivity index (χ3v) is 0. The van der Waals surface area contributed by atoms with Crippen LogP contribution in [0.3, 0.4) is 0 Å². The van der Waals surface area contributed by atoms with Gasteiger partial charge in [-0.2, -0.15) is 12.6 Å². The molecule has 10 heteroatoms. The van der Waals surface area contributed by atoms with Crippen molar-refractivity contribution in [3.05, 3.63) is 0 Å². The third kappa shape index (κ3) is 430. The van der Waals surface area contributed by atoms with Crippen molar-refractivity contribution in [3.8, 4) is 0 Å². The summed E-state index contributed by atoms with van der Waals surface area (Å²) in [6, 6.07) is 0. The van der Waals surface area contributed by atoms with E-state index < -0.39 is 21.8 Å². The summed E-state index contributed by atoms with van der Waals surface area (Å²) in [5.74, 6) is 0. The van der Waals surface area contributed by atoms with E-state index in [0.29, 0.717) is 0 Å². The van der Waals surface area contributed by atoms with Gasteiger partial charge < -0.3 is 0 Å². The summed E-state index contributed by atoms with van der Waals surface area (Å²) >= 11 is -2.61. The molecule has 0 heterocycles. The molecule has 7 nitrogen and oxygen atoms in total. The van der Waals surface area contributed by atoms with Crippen molar-refractivity contribution in [2.75, 3.05) is 0 Å². The van der Waals surface area contributed by atoms with E-state index in [1.807, 2.05) is 0 Å². The Labute approximate surface area is 89.5 Å². The Kier molecular flexibility index (Phi) is 14.4. The van der Waals surface area contributed by atoms with E-state index in [4.69, 9.17) is 30.8 Å². The zero-order valence-corrected chi connectivity index (χ0v) is 5.46. The van der Waals surface area contributed by atoms with E-state index in [1.165, 1.54) is 0 Å². The van der Waals surface area contributed by atoms with Crippen LogP contribution in [0.1, 0.15) is 0 Å². The Hall–Kier alpha value is 1.20. The Morgan fingerprint density at radius 2 is 1.10 bits per heavy atom. The minimum atomic E-state index is -4.67. The number of hydrogen-bond acceptors (Lipinski definition) is 3. The summed E-state index contributed by atoms with van der Waals surface area (Å²) in [6.45, 7) is 0. The van der Waals surface area contributed by atoms with Gasteiger partial charge in [0.1, 0.15) is 0 Å². The molecular formula is H6CaO7S2. The maximum atomic E-state index is 8.74. The van der Waals surface area contributed by atoms with Crippen molar-refractivity contribution in [1.82, 2.24) is 0 Å². The number of hydrogen-bond donors (Lipinski definition) is 4. The summed E-state index contributed by atoms with van der Waals surface area (Å²) in [7, 11) is -4.67. The fraction of sp³-hybridized carbons (Fsp3) is 0. The van der Waals surface area contributed by atoms with Crippen LogP contribution in [0.15, 0.2) is 0 Å². The van der Waals surface area contributed by atoms with Crippen molar-refractivity contribution in [3.63, 3.8) is 0 Å². The second-order valence-electron chi connectivity index (χ2n) is 0.679. The Bertz CT molecular complexity index is 154. The summed E-state index contributed by atoms with van der Waals surface area (Å²) in [4.78, 5) is 0. The zero-order valence-electron chi connectivity index (χ0n) is 3.83. The van der Waals surface area contributed by atoms with Gasteiger partial charge >= 0.3 is 48.1 Å². The second-order valence-corrected chi connectivity index (χ2v) is 2.04. The molecule has 0 amide bonds. The van der Waals surface area contributed by atoms with Gasteiger partial charge in [0.2, 0.25) is 0 Å². The normalized spacial score (nSPS) is 9.30. The van der Waals surface area contributed by atoms with Crippen molar-refractivity contribution >= 4 is 59.5 Å². The van der Waals surface area contributed by atoms with Gasteiger partial charge in [-0.25, -0.2) is 0 Å². The molecule has 0 saturated carbocycles. The quantitative estimate of drug-likeness (QED) is 0.214. The topological polar surface area (TPSA) is 132 Å². The fourth-order valence-electron chi connectivity index (χ4n) is 0. The fourth-order valence-corrected chi connectivity index (χ4v) is 0. The Morgan fingerprint density at radius 1 is 1.10 bits per heavy atom. The maximum absolute atomic E-state index is 8.74. The molecule has 4 N–H and O–H groups in total. The van der Waals surface area contributed by atoms with Gasteiger partial charge in [0.05, 0.1) is 0 Å². The zero-order chi connectivity index (χ0) is 8.08. The molecule has 0 aromatic rings. The molecule has 0 aliphatic carbocycles. The van der Waals surface area contributed by atoms with Crippen LogP contribution >= 0.6 is 0 Å². The van der Waals surface area contributed by atoms with Crippen LogP contribution in [-0.4, -0.2) is 68.6 Å². The standard InChI is InChI=1S/Ca.H2O4S.H2O3S.2H/c;1-5(2,3)4;1-4(2)3;;/h;(H2,1,2,3,4);(H2,1,2,3);;. The summed E-state index contributed by atoms with van der Waals surface area (Å²) in [5, 5.41) is 0. The molecule has 0 atom stereocenters. The molecule has 0 spiro atoms. The summed E-state index contributed by atoms with van der Waals surface area (Å²) in [6.07, 6.45) is 0. The van der Waals surface area contributed by atoms with Gasteiger partial charge in [-0.1, -0.05) is 0 Å². The van der Waals surface area contributed by atoms with Crippen molar-refractivity contribution < 1.29 is 30.8 Å². The summed E-state index contributed by atoms with van der Waals surface area (Å²) < 4.78 is 54.4. The first-order valence-corrected chi connectivity index (χ1v) is 3.69. The molecule has 62 valence electrons. The second kappa shape index (κ2) is 8.30. The van der Waals surface area contributed by atoms with E-state index in [9.17, 15) is 0 Å². The van der Waals surface area contributed by atoms with E-state index in [2.05, 4.69) is 0 Å². The molecule has 0 fully saturated rings. The first-order valence-electron chi connectivity index (χ1n) is 1.23. The Balaban J connectivity index is -0.0000000910. The molecule has 0 bridgehead atoms. The molecule has 0 aliphatic heterocycles. The molecule has 0 unspecified atom stereocenters. The molecule has 0 aliphatic rings. The van der Waals surface area contributed by atoms with Gasteiger partial charge in [0.25, 0.3) is 11.4 Å². The monoisotopic (exact) mass is 222 g/mol. The van der Waals surface area contributed by atoms with Crippen molar-refractivity contribution in [2.45, 2.75) is 0 Å². The molecule has 0 rings (SSSR count). The van der Waals surface area contributed by atoms with Crippen LogP contribution in [-0.2, 0) is 21.8 Å².